The van der Waals surface area contributed by atoms with E-state index in [1.807, 2.05) is 4.90 Å². The van der Waals surface area contributed by atoms with Crippen molar-refractivity contribution in [3.63, 3.8) is 0 Å². The first-order chi connectivity index (χ1) is 9.21. The van der Waals surface area contributed by atoms with Crippen LogP contribution in [0.3, 0.4) is 0 Å². The van der Waals surface area contributed by atoms with Crippen molar-refractivity contribution in [1.82, 2.24) is 9.97 Å². The van der Waals surface area contributed by atoms with Crippen LogP contribution in [0, 0.1) is 0 Å². The van der Waals surface area contributed by atoms with E-state index in [9.17, 15) is 4.79 Å². The van der Waals surface area contributed by atoms with Crippen molar-refractivity contribution in [3.05, 3.63) is 18.1 Å². The van der Waals surface area contributed by atoms with Crippen LogP contribution in [0.2, 0.25) is 0 Å². The Morgan fingerprint density at radius 3 is 2.42 bits per heavy atom. The van der Waals surface area contributed by atoms with Crippen LogP contribution in [0.25, 0.3) is 0 Å². The van der Waals surface area contributed by atoms with E-state index < -0.39 is 5.97 Å². The average Bonchev–Trinajstić information content (AvgIpc) is 2.89. The number of rotatable bonds is 4. The van der Waals surface area contributed by atoms with Crippen molar-refractivity contribution in [2.75, 3.05) is 39.3 Å². The van der Waals surface area contributed by atoms with E-state index in [-0.39, 0.29) is 12.2 Å². The van der Waals surface area contributed by atoms with Crippen LogP contribution >= 0.6 is 0 Å². The SMILES string of the molecule is COC(=O)c1cncnc1N1CC(OC)C(OC)C1. The number of esters is 1. The fourth-order valence-electron chi connectivity index (χ4n) is 2.20. The molecule has 0 bridgehead atoms. The Balaban J connectivity index is 2.26. The number of carbonyl (C=O) groups excluding carboxylic acids is 1. The second kappa shape index (κ2) is 5.94. The molecule has 1 aromatic heterocycles. The van der Waals surface area contributed by atoms with E-state index in [0.717, 1.165) is 0 Å². The summed E-state index contributed by atoms with van der Waals surface area (Å²) in [5.74, 6) is 0.0916. The third-order valence-electron chi connectivity index (χ3n) is 3.22. The van der Waals surface area contributed by atoms with Crippen LogP contribution in [-0.2, 0) is 14.2 Å². The van der Waals surface area contributed by atoms with Crippen molar-refractivity contribution in [2.24, 2.45) is 0 Å². The molecule has 2 rings (SSSR count). The summed E-state index contributed by atoms with van der Waals surface area (Å²) in [6.45, 7) is 1.21. The first-order valence-electron chi connectivity index (χ1n) is 5.90. The molecule has 7 heteroatoms. The lowest BCUT2D eigenvalue weighted by Crippen LogP contribution is -2.27. The number of aromatic nitrogens is 2. The monoisotopic (exact) mass is 267 g/mol. The van der Waals surface area contributed by atoms with Crippen LogP contribution in [-0.4, -0.2) is 62.6 Å². The van der Waals surface area contributed by atoms with E-state index in [1.54, 1.807) is 14.2 Å². The smallest absolute Gasteiger partial charge is 0.343 e. The maximum absolute atomic E-state index is 11.7. The maximum atomic E-state index is 11.7. The predicted molar refractivity (Wildman–Crippen MR) is 67.2 cm³/mol. The molecule has 0 amide bonds. The highest BCUT2D eigenvalue weighted by Crippen LogP contribution is 2.24. The van der Waals surface area contributed by atoms with Crippen LogP contribution < -0.4 is 4.90 Å². The van der Waals surface area contributed by atoms with Gasteiger partial charge in [-0.05, 0) is 0 Å². The molecule has 0 spiro atoms. The van der Waals surface area contributed by atoms with Gasteiger partial charge in [-0.25, -0.2) is 14.8 Å². The molecule has 1 fully saturated rings. The summed E-state index contributed by atoms with van der Waals surface area (Å²) in [4.78, 5) is 21.7. The molecule has 104 valence electrons. The van der Waals surface area contributed by atoms with Crippen molar-refractivity contribution in [3.8, 4) is 0 Å². The highest BCUT2D eigenvalue weighted by atomic mass is 16.5. The summed E-state index contributed by atoms with van der Waals surface area (Å²) in [5.41, 5.74) is 0.344. The predicted octanol–water partition coefficient (Wildman–Crippen LogP) is 0.113. The molecule has 1 aliphatic heterocycles. The van der Waals surface area contributed by atoms with Gasteiger partial charge in [0.2, 0.25) is 0 Å². The van der Waals surface area contributed by atoms with Gasteiger partial charge in [-0.2, -0.15) is 0 Å². The third kappa shape index (κ3) is 2.66. The van der Waals surface area contributed by atoms with Crippen molar-refractivity contribution >= 4 is 11.8 Å². The molecule has 0 aliphatic carbocycles. The van der Waals surface area contributed by atoms with Crippen LogP contribution in [0.15, 0.2) is 12.5 Å². The van der Waals surface area contributed by atoms with Gasteiger partial charge in [0, 0.05) is 33.5 Å². The Bertz CT molecular complexity index is 442. The molecule has 0 radical (unpaired) electrons. The Hall–Kier alpha value is -1.73. The number of nitrogens with zero attached hydrogens (tertiary/aromatic N) is 3. The van der Waals surface area contributed by atoms with Gasteiger partial charge in [0.1, 0.15) is 29.9 Å². The average molecular weight is 267 g/mol. The summed E-state index contributed by atoms with van der Waals surface area (Å²) in [6.07, 6.45) is 2.76. The lowest BCUT2D eigenvalue weighted by Gasteiger charge is -2.18. The van der Waals surface area contributed by atoms with Crippen molar-refractivity contribution < 1.29 is 19.0 Å². The van der Waals surface area contributed by atoms with Gasteiger partial charge in [0.05, 0.1) is 7.11 Å². The quantitative estimate of drug-likeness (QED) is 0.717. The molecule has 7 nitrogen and oxygen atoms in total. The fourth-order valence-corrected chi connectivity index (χ4v) is 2.20. The molecule has 2 atom stereocenters. The molecule has 1 aliphatic rings. The van der Waals surface area contributed by atoms with E-state index in [0.29, 0.717) is 24.5 Å². The lowest BCUT2D eigenvalue weighted by atomic mass is 10.3. The molecule has 1 aromatic rings. The zero-order chi connectivity index (χ0) is 13.8. The summed E-state index contributed by atoms with van der Waals surface area (Å²) >= 11 is 0. The Kier molecular flexibility index (Phi) is 4.28. The van der Waals surface area contributed by atoms with Crippen LogP contribution in [0.5, 0.6) is 0 Å². The molecule has 1 saturated heterocycles. The zero-order valence-electron chi connectivity index (χ0n) is 11.2. The van der Waals surface area contributed by atoms with Crippen LogP contribution in [0.4, 0.5) is 5.82 Å². The highest BCUT2D eigenvalue weighted by molar-refractivity contribution is 5.94. The third-order valence-corrected chi connectivity index (χ3v) is 3.22. The van der Waals surface area contributed by atoms with Crippen molar-refractivity contribution in [2.45, 2.75) is 12.2 Å². The topological polar surface area (TPSA) is 73.8 Å². The van der Waals surface area contributed by atoms with Gasteiger partial charge < -0.3 is 19.1 Å². The van der Waals surface area contributed by atoms with E-state index in [1.165, 1.54) is 19.6 Å². The van der Waals surface area contributed by atoms with Gasteiger partial charge in [-0.3, -0.25) is 0 Å². The minimum absolute atomic E-state index is 0.0505. The first-order valence-corrected chi connectivity index (χ1v) is 5.90. The van der Waals surface area contributed by atoms with Gasteiger partial charge >= 0.3 is 5.97 Å². The Morgan fingerprint density at radius 2 is 1.89 bits per heavy atom. The minimum Gasteiger partial charge on any atom is -0.465 e. The van der Waals surface area contributed by atoms with Gasteiger partial charge in [-0.15, -0.1) is 0 Å². The summed E-state index contributed by atoms with van der Waals surface area (Å²) in [5, 5.41) is 0. The summed E-state index contributed by atoms with van der Waals surface area (Å²) in [7, 11) is 4.61. The standard InChI is InChI=1S/C12H17N3O4/c1-17-9-5-15(6-10(9)18-2)11-8(12(16)19-3)4-13-7-14-11/h4,7,9-10H,5-6H2,1-3H3. The molecule has 2 heterocycles. The molecule has 0 aromatic carbocycles. The van der Waals surface area contributed by atoms with E-state index >= 15 is 0 Å². The van der Waals surface area contributed by atoms with Gasteiger partial charge in [0.25, 0.3) is 0 Å². The molecule has 0 N–H and O–H groups in total. The van der Waals surface area contributed by atoms with Gasteiger partial charge in [0.15, 0.2) is 0 Å². The number of methoxy groups -OCH3 is 3. The second-order valence-corrected chi connectivity index (χ2v) is 4.20. The molecule has 19 heavy (non-hydrogen) atoms. The normalized spacial score (nSPS) is 22.6. The minimum atomic E-state index is -0.453. The van der Waals surface area contributed by atoms with E-state index in [4.69, 9.17) is 14.2 Å². The van der Waals surface area contributed by atoms with E-state index in [2.05, 4.69) is 9.97 Å². The highest BCUT2D eigenvalue weighted by Gasteiger charge is 2.35. The van der Waals surface area contributed by atoms with Crippen molar-refractivity contribution in [1.29, 1.82) is 0 Å². The molecule has 2 unspecified atom stereocenters. The largest absolute Gasteiger partial charge is 0.465 e. The lowest BCUT2D eigenvalue weighted by molar-refractivity contribution is -0.00461. The Morgan fingerprint density at radius 1 is 1.26 bits per heavy atom. The summed E-state index contributed by atoms with van der Waals surface area (Å²) in [6, 6.07) is 0. The number of anilines is 1. The molecular weight excluding hydrogens is 250 g/mol. The Labute approximate surface area is 111 Å². The zero-order valence-corrected chi connectivity index (χ0v) is 11.2. The fraction of sp³-hybridized carbons (Fsp3) is 0.583. The van der Waals surface area contributed by atoms with Gasteiger partial charge in [-0.1, -0.05) is 0 Å². The number of carbonyl (C=O) groups is 1. The maximum Gasteiger partial charge on any atom is 0.343 e. The first kappa shape index (κ1) is 13.7. The second-order valence-electron chi connectivity index (χ2n) is 4.20. The molecular formula is C12H17N3O4. The summed E-state index contributed by atoms with van der Waals surface area (Å²) < 4.78 is 15.5. The number of hydrogen-bond acceptors (Lipinski definition) is 7. The number of hydrogen-bond donors (Lipinski definition) is 0. The molecule has 0 saturated carbocycles. The number of ether oxygens (including phenoxy) is 3. The van der Waals surface area contributed by atoms with Crippen LogP contribution in [0.1, 0.15) is 10.4 Å².